The second-order valence-corrected chi connectivity index (χ2v) is 5.09. The molecule has 0 radical (unpaired) electrons. The monoisotopic (exact) mass is 356 g/mol. The number of esters is 1. The van der Waals surface area contributed by atoms with Gasteiger partial charge in [-0.15, -0.1) is 0 Å². The Balaban J connectivity index is 1.83. The highest BCUT2D eigenvalue weighted by Crippen LogP contribution is 2.12. The Morgan fingerprint density at radius 2 is 1.69 bits per heavy atom. The van der Waals surface area contributed by atoms with E-state index in [2.05, 4.69) is 10.5 Å². The van der Waals surface area contributed by atoms with Crippen LogP contribution in [0.4, 0.5) is 0 Å². The van der Waals surface area contributed by atoms with E-state index in [4.69, 9.17) is 14.2 Å². The summed E-state index contributed by atoms with van der Waals surface area (Å²) >= 11 is 0. The first-order chi connectivity index (χ1) is 12.6. The zero-order chi connectivity index (χ0) is 18.8. The smallest absolute Gasteiger partial charge is 0.344 e. The number of carbonyl (C=O) groups excluding carboxylic acids is 2. The molecule has 0 aliphatic rings. The fourth-order valence-corrected chi connectivity index (χ4v) is 1.97. The van der Waals surface area contributed by atoms with Crippen LogP contribution >= 0.6 is 0 Å². The van der Waals surface area contributed by atoms with E-state index >= 15 is 0 Å². The zero-order valence-electron chi connectivity index (χ0n) is 14.6. The summed E-state index contributed by atoms with van der Waals surface area (Å²) in [4.78, 5) is 23.2. The van der Waals surface area contributed by atoms with Crippen molar-refractivity contribution in [3.8, 4) is 11.5 Å². The van der Waals surface area contributed by atoms with Crippen molar-refractivity contribution in [1.29, 1.82) is 0 Å². The number of methoxy groups -OCH3 is 1. The highest BCUT2D eigenvalue weighted by molar-refractivity contribution is 5.95. The molecular weight excluding hydrogens is 336 g/mol. The van der Waals surface area contributed by atoms with Gasteiger partial charge >= 0.3 is 5.97 Å². The van der Waals surface area contributed by atoms with E-state index in [9.17, 15) is 9.59 Å². The lowest BCUT2D eigenvalue weighted by Crippen LogP contribution is -2.17. The second kappa shape index (κ2) is 9.83. The number of hydrogen-bond acceptors (Lipinski definition) is 6. The van der Waals surface area contributed by atoms with E-state index in [0.717, 1.165) is 5.56 Å². The van der Waals surface area contributed by atoms with Crippen molar-refractivity contribution in [2.24, 2.45) is 5.10 Å². The molecule has 0 saturated carbocycles. The minimum atomic E-state index is -0.417. The summed E-state index contributed by atoms with van der Waals surface area (Å²) in [6.45, 7) is 1.92. The van der Waals surface area contributed by atoms with Crippen LogP contribution in [0.3, 0.4) is 0 Å². The Morgan fingerprint density at radius 1 is 1.04 bits per heavy atom. The lowest BCUT2D eigenvalue weighted by Gasteiger charge is -2.05. The predicted octanol–water partition coefficient (Wildman–Crippen LogP) is 2.40. The molecule has 7 nitrogen and oxygen atoms in total. The zero-order valence-corrected chi connectivity index (χ0v) is 14.6. The Morgan fingerprint density at radius 3 is 2.31 bits per heavy atom. The van der Waals surface area contributed by atoms with Gasteiger partial charge in [-0.1, -0.05) is 0 Å². The molecule has 0 aliphatic heterocycles. The summed E-state index contributed by atoms with van der Waals surface area (Å²) in [5, 5.41) is 3.92. The second-order valence-electron chi connectivity index (χ2n) is 5.09. The number of hydrogen-bond donors (Lipinski definition) is 1. The molecule has 0 fully saturated rings. The van der Waals surface area contributed by atoms with Gasteiger partial charge in [0.15, 0.2) is 6.61 Å². The minimum Gasteiger partial charge on any atom is -0.497 e. The maximum absolute atomic E-state index is 12.0. The maximum Gasteiger partial charge on any atom is 0.344 e. The molecular formula is C19H20N2O5. The minimum absolute atomic E-state index is 0.140. The van der Waals surface area contributed by atoms with Crippen LogP contribution < -0.4 is 14.9 Å². The molecule has 1 N–H and O–H groups in total. The van der Waals surface area contributed by atoms with Crippen molar-refractivity contribution in [2.45, 2.75) is 6.92 Å². The summed E-state index contributed by atoms with van der Waals surface area (Å²) in [5.74, 6) is 0.477. The van der Waals surface area contributed by atoms with E-state index in [1.807, 2.05) is 0 Å². The van der Waals surface area contributed by atoms with Crippen LogP contribution in [-0.4, -0.2) is 38.4 Å². The normalized spacial score (nSPS) is 10.4. The number of amides is 1. The number of nitrogens with zero attached hydrogens (tertiary/aromatic N) is 1. The Labute approximate surface area is 151 Å². The number of ether oxygens (including phenoxy) is 3. The summed E-state index contributed by atoms with van der Waals surface area (Å²) < 4.78 is 15.1. The number of nitrogens with one attached hydrogen (secondary N) is 1. The highest BCUT2D eigenvalue weighted by atomic mass is 16.6. The van der Waals surface area contributed by atoms with E-state index in [0.29, 0.717) is 23.7 Å². The third-order valence-corrected chi connectivity index (χ3v) is 3.27. The number of rotatable bonds is 8. The van der Waals surface area contributed by atoms with Gasteiger partial charge in [0, 0.05) is 5.56 Å². The standard InChI is InChI=1S/C19H20N2O5/c1-3-25-18(22)13-26-17-8-4-14(5-9-17)12-20-21-19(23)15-6-10-16(24-2)11-7-15/h4-12H,3,13H2,1-2H3,(H,21,23)/b20-12+. The van der Waals surface area contributed by atoms with Gasteiger partial charge < -0.3 is 14.2 Å². The van der Waals surface area contributed by atoms with Gasteiger partial charge in [0.25, 0.3) is 5.91 Å². The lowest BCUT2D eigenvalue weighted by molar-refractivity contribution is -0.145. The Bertz CT molecular complexity index is 755. The van der Waals surface area contributed by atoms with Gasteiger partial charge in [0.1, 0.15) is 11.5 Å². The molecule has 0 bridgehead atoms. The molecule has 2 aromatic carbocycles. The molecule has 0 heterocycles. The van der Waals surface area contributed by atoms with Crippen LogP contribution in [0.1, 0.15) is 22.8 Å². The van der Waals surface area contributed by atoms with Crippen LogP contribution in [0.15, 0.2) is 53.6 Å². The van der Waals surface area contributed by atoms with Crippen molar-refractivity contribution in [3.05, 3.63) is 59.7 Å². The van der Waals surface area contributed by atoms with Crippen LogP contribution in [-0.2, 0) is 9.53 Å². The van der Waals surface area contributed by atoms with Crippen LogP contribution in [0.5, 0.6) is 11.5 Å². The molecule has 0 unspecified atom stereocenters. The van der Waals surface area contributed by atoms with Crippen LogP contribution in [0, 0.1) is 0 Å². The van der Waals surface area contributed by atoms with Crippen molar-refractivity contribution in [3.63, 3.8) is 0 Å². The van der Waals surface area contributed by atoms with Crippen LogP contribution in [0.2, 0.25) is 0 Å². The van der Waals surface area contributed by atoms with Gasteiger partial charge in [-0.25, -0.2) is 10.2 Å². The molecule has 0 atom stereocenters. The van der Waals surface area contributed by atoms with Gasteiger partial charge in [0.05, 0.1) is 19.9 Å². The molecule has 136 valence electrons. The summed E-state index contributed by atoms with van der Waals surface area (Å²) in [5.41, 5.74) is 3.70. The average molecular weight is 356 g/mol. The van der Waals surface area contributed by atoms with E-state index in [1.165, 1.54) is 6.21 Å². The van der Waals surface area contributed by atoms with Gasteiger partial charge in [0.2, 0.25) is 0 Å². The fraction of sp³-hybridized carbons (Fsp3) is 0.211. The molecule has 0 aliphatic carbocycles. The molecule has 2 rings (SSSR count). The Kier molecular flexibility index (Phi) is 7.17. The largest absolute Gasteiger partial charge is 0.497 e. The quantitative estimate of drug-likeness (QED) is 0.446. The maximum atomic E-state index is 12.0. The molecule has 0 saturated heterocycles. The van der Waals surface area contributed by atoms with Crippen molar-refractivity contribution in [2.75, 3.05) is 20.3 Å². The van der Waals surface area contributed by atoms with Gasteiger partial charge in [-0.05, 0) is 61.0 Å². The topological polar surface area (TPSA) is 86.2 Å². The molecule has 26 heavy (non-hydrogen) atoms. The van der Waals surface area contributed by atoms with Gasteiger partial charge in [-0.2, -0.15) is 5.10 Å². The van der Waals surface area contributed by atoms with Crippen molar-refractivity contribution >= 4 is 18.1 Å². The summed E-state index contributed by atoms with van der Waals surface area (Å²) in [6, 6.07) is 13.6. The molecule has 0 spiro atoms. The first-order valence-corrected chi connectivity index (χ1v) is 7.98. The van der Waals surface area contributed by atoms with Crippen molar-refractivity contribution < 1.29 is 23.8 Å². The third kappa shape index (κ3) is 5.94. The number of carbonyl (C=O) groups is 2. The van der Waals surface area contributed by atoms with E-state index in [-0.39, 0.29) is 12.5 Å². The first-order valence-electron chi connectivity index (χ1n) is 7.98. The predicted molar refractivity (Wildman–Crippen MR) is 96.6 cm³/mol. The van der Waals surface area contributed by atoms with Crippen molar-refractivity contribution in [1.82, 2.24) is 5.43 Å². The highest BCUT2D eigenvalue weighted by Gasteiger charge is 2.04. The fourth-order valence-electron chi connectivity index (χ4n) is 1.97. The number of benzene rings is 2. The molecule has 7 heteroatoms. The first kappa shape index (κ1) is 19.0. The van der Waals surface area contributed by atoms with Crippen LogP contribution in [0.25, 0.3) is 0 Å². The molecule has 2 aromatic rings. The number of hydrazone groups is 1. The Hall–Kier alpha value is -3.35. The lowest BCUT2D eigenvalue weighted by atomic mass is 10.2. The van der Waals surface area contributed by atoms with E-state index in [1.54, 1.807) is 62.6 Å². The van der Waals surface area contributed by atoms with E-state index < -0.39 is 5.97 Å². The molecule has 1 amide bonds. The summed E-state index contributed by atoms with van der Waals surface area (Å²) in [7, 11) is 1.56. The summed E-state index contributed by atoms with van der Waals surface area (Å²) in [6.07, 6.45) is 1.51. The average Bonchev–Trinajstić information content (AvgIpc) is 2.67. The SMILES string of the molecule is CCOC(=O)COc1ccc(/C=N/NC(=O)c2ccc(OC)cc2)cc1. The molecule has 0 aromatic heterocycles. The van der Waals surface area contributed by atoms with Gasteiger partial charge in [-0.3, -0.25) is 4.79 Å². The third-order valence-electron chi connectivity index (χ3n) is 3.27.